The maximum Gasteiger partial charge on any atom is 0.215 e. The van der Waals surface area contributed by atoms with E-state index in [1.807, 2.05) is 5.38 Å². The number of aryl methyl sites for hydroxylation is 1. The number of carbonyl (C=O) groups excluding carboxylic acids is 1. The van der Waals surface area contributed by atoms with Crippen molar-refractivity contribution in [1.29, 1.82) is 0 Å². The number of carbonyl (C=O) groups is 1. The molecule has 4 heteroatoms. The predicted molar refractivity (Wildman–Crippen MR) is 57.7 cm³/mol. The van der Waals surface area contributed by atoms with Gasteiger partial charge in [-0.1, -0.05) is 6.92 Å². The lowest BCUT2D eigenvalue weighted by Crippen LogP contribution is -2.39. The maximum absolute atomic E-state index is 10.9. The quantitative estimate of drug-likeness (QED) is 0.714. The van der Waals surface area contributed by atoms with Crippen LogP contribution < -0.4 is 4.90 Å². The minimum atomic E-state index is 0.402. The lowest BCUT2D eigenvalue weighted by molar-refractivity contribution is -0.108. The SMILES string of the molecule is CCc1nc(N(C=O)C2CCC2)cs1. The molecule has 0 unspecified atom stereocenters. The highest BCUT2D eigenvalue weighted by Gasteiger charge is 2.26. The fourth-order valence-electron chi connectivity index (χ4n) is 1.57. The van der Waals surface area contributed by atoms with Crippen molar-refractivity contribution in [3.05, 3.63) is 10.4 Å². The molecule has 0 bridgehead atoms. The van der Waals surface area contributed by atoms with E-state index in [0.29, 0.717) is 6.04 Å². The molecule has 1 fully saturated rings. The first-order valence-electron chi connectivity index (χ1n) is 5.03. The Hall–Kier alpha value is -0.900. The topological polar surface area (TPSA) is 33.2 Å². The number of amides is 1. The highest BCUT2D eigenvalue weighted by atomic mass is 32.1. The summed E-state index contributed by atoms with van der Waals surface area (Å²) < 4.78 is 0. The van der Waals surface area contributed by atoms with Crippen LogP contribution >= 0.6 is 11.3 Å². The minimum absolute atomic E-state index is 0.402. The summed E-state index contributed by atoms with van der Waals surface area (Å²) in [6.45, 7) is 2.08. The van der Waals surface area contributed by atoms with Crippen LogP contribution in [0.3, 0.4) is 0 Å². The normalized spacial score (nSPS) is 16.4. The summed E-state index contributed by atoms with van der Waals surface area (Å²) in [7, 11) is 0. The Morgan fingerprint density at radius 2 is 2.50 bits per heavy atom. The monoisotopic (exact) mass is 210 g/mol. The first kappa shape index (κ1) is 9.65. The molecule has 0 atom stereocenters. The highest BCUT2D eigenvalue weighted by molar-refractivity contribution is 7.10. The van der Waals surface area contributed by atoms with E-state index in [0.717, 1.165) is 36.5 Å². The molecule has 1 amide bonds. The molecule has 1 saturated carbocycles. The van der Waals surface area contributed by atoms with Crippen molar-refractivity contribution in [2.75, 3.05) is 4.90 Å². The molecule has 0 saturated heterocycles. The Bertz CT molecular complexity index is 320. The van der Waals surface area contributed by atoms with E-state index in [9.17, 15) is 4.79 Å². The van der Waals surface area contributed by atoms with Gasteiger partial charge >= 0.3 is 0 Å². The van der Waals surface area contributed by atoms with Crippen molar-refractivity contribution in [3.8, 4) is 0 Å². The van der Waals surface area contributed by atoms with Gasteiger partial charge in [0.2, 0.25) is 6.41 Å². The molecular weight excluding hydrogens is 196 g/mol. The van der Waals surface area contributed by atoms with Crippen LogP contribution in [-0.4, -0.2) is 17.4 Å². The molecule has 0 radical (unpaired) electrons. The lowest BCUT2D eigenvalue weighted by Gasteiger charge is -2.33. The van der Waals surface area contributed by atoms with E-state index in [-0.39, 0.29) is 0 Å². The van der Waals surface area contributed by atoms with E-state index in [1.165, 1.54) is 6.42 Å². The minimum Gasteiger partial charge on any atom is -0.296 e. The van der Waals surface area contributed by atoms with Crippen LogP contribution in [0.5, 0.6) is 0 Å². The number of aromatic nitrogens is 1. The summed E-state index contributed by atoms with van der Waals surface area (Å²) in [6, 6.07) is 0.402. The van der Waals surface area contributed by atoms with E-state index in [1.54, 1.807) is 16.2 Å². The van der Waals surface area contributed by atoms with E-state index in [4.69, 9.17) is 0 Å². The summed E-state index contributed by atoms with van der Waals surface area (Å²) in [5.74, 6) is 0.839. The number of rotatable bonds is 4. The number of hydrogen-bond donors (Lipinski definition) is 0. The number of thiazole rings is 1. The van der Waals surface area contributed by atoms with Crippen molar-refractivity contribution < 1.29 is 4.79 Å². The third-order valence-electron chi connectivity index (χ3n) is 2.69. The van der Waals surface area contributed by atoms with Gasteiger partial charge in [-0.25, -0.2) is 4.98 Å². The Labute approximate surface area is 87.8 Å². The van der Waals surface area contributed by atoms with Gasteiger partial charge in [0, 0.05) is 11.4 Å². The molecule has 2 rings (SSSR count). The molecule has 1 aliphatic carbocycles. The molecule has 1 aromatic rings. The molecule has 0 aromatic carbocycles. The molecule has 0 spiro atoms. The summed E-state index contributed by atoms with van der Waals surface area (Å²) in [6.07, 6.45) is 5.34. The van der Waals surface area contributed by atoms with Gasteiger partial charge in [0.25, 0.3) is 0 Å². The second-order valence-corrected chi connectivity index (χ2v) is 4.49. The van der Waals surface area contributed by atoms with Crippen LogP contribution in [0.4, 0.5) is 5.82 Å². The highest BCUT2D eigenvalue weighted by Crippen LogP contribution is 2.29. The molecule has 1 aliphatic rings. The summed E-state index contributed by atoms with van der Waals surface area (Å²) in [5, 5.41) is 3.08. The van der Waals surface area contributed by atoms with E-state index >= 15 is 0 Å². The van der Waals surface area contributed by atoms with Gasteiger partial charge in [-0.2, -0.15) is 0 Å². The van der Waals surface area contributed by atoms with Crippen molar-refractivity contribution in [3.63, 3.8) is 0 Å². The average Bonchev–Trinajstić information content (AvgIpc) is 2.58. The first-order valence-corrected chi connectivity index (χ1v) is 5.91. The van der Waals surface area contributed by atoms with Crippen molar-refractivity contribution >= 4 is 23.6 Å². The summed E-state index contributed by atoms with van der Waals surface area (Å²) in [5.41, 5.74) is 0. The van der Waals surface area contributed by atoms with Gasteiger partial charge in [-0.05, 0) is 25.7 Å². The Balaban J connectivity index is 2.13. The molecule has 0 aliphatic heterocycles. The van der Waals surface area contributed by atoms with Gasteiger partial charge in [0.15, 0.2) is 0 Å². The summed E-state index contributed by atoms with van der Waals surface area (Å²) >= 11 is 1.63. The van der Waals surface area contributed by atoms with Crippen LogP contribution in [-0.2, 0) is 11.2 Å². The molecule has 0 N–H and O–H groups in total. The first-order chi connectivity index (χ1) is 6.85. The van der Waals surface area contributed by atoms with Crippen LogP contribution in [0.15, 0.2) is 5.38 Å². The van der Waals surface area contributed by atoms with Gasteiger partial charge < -0.3 is 0 Å². The fraction of sp³-hybridized carbons (Fsp3) is 0.600. The van der Waals surface area contributed by atoms with Crippen molar-refractivity contribution in [1.82, 2.24) is 4.98 Å². The Morgan fingerprint density at radius 1 is 1.71 bits per heavy atom. The fourth-order valence-corrected chi connectivity index (χ4v) is 2.30. The third-order valence-corrected chi connectivity index (χ3v) is 3.67. The van der Waals surface area contributed by atoms with Crippen LogP contribution in [0.2, 0.25) is 0 Å². The van der Waals surface area contributed by atoms with Crippen LogP contribution in [0, 0.1) is 0 Å². The standard InChI is InChI=1S/C10H14N2OS/c1-2-10-11-9(6-14-10)12(7-13)8-4-3-5-8/h6-8H,2-5H2,1H3. The second kappa shape index (κ2) is 4.09. The van der Waals surface area contributed by atoms with Gasteiger partial charge in [-0.3, -0.25) is 9.69 Å². The molecule has 76 valence electrons. The molecular formula is C10H14N2OS. The zero-order valence-corrected chi connectivity index (χ0v) is 9.09. The van der Waals surface area contributed by atoms with E-state index < -0.39 is 0 Å². The molecule has 3 nitrogen and oxygen atoms in total. The maximum atomic E-state index is 10.9. The average molecular weight is 210 g/mol. The number of nitrogens with zero attached hydrogens (tertiary/aromatic N) is 2. The zero-order chi connectivity index (χ0) is 9.97. The largest absolute Gasteiger partial charge is 0.296 e. The van der Waals surface area contributed by atoms with Gasteiger partial charge in [-0.15, -0.1) is 11.3 Å². The van der Waals surface area contributed by atoms with Crippen LogP contribution in [0.1, 0.15) is 31.2 Å². The zero-order valence-electron chi connectivity index (χ0n) is 8.27. The van der Waals surface area contributed by atoms with Crippen molar-refractivity contribution in [2.24, 2.45) is 0 Å². The number of anilines is 1. The second-order valence-electron chi connectivity index (χ2n) is 3.55. The third kappa shape index (κ3) is 1.66. The molecule has 1 aromatic heterocycles. The molecule has 1 heterocycles. The van der Waals surface area contributed by atoms with Crippen LogP contribution in [0.25, 0.3) is 0 Å². The Morgan fingerprint density at radius 3 is 2.93 bits per heavy atom. The Kier molecular flexibility index (Phi) is 2.82. The lowest BCUT2D eigenvalue weighted by atomic mass is 9.92. The van der Waals surface area contributed by atoms with Crippen molar-refractivity contribution in [2.45, 2.75) is 38.6 Å². The smallest absolute Gasteiger partial charge is 0.215 e. The number of hydrogen-bond acceptors (Lipinski definition) is 3. The van der Waals surface area contributed by atoms with E-state index in [2.05, 4.69) is 11.9 Å². The predicted octanol–water partition coefficient (Wildman–Crippen LogP) is 2.22. The summed E-state index contributed by atoms with van der Waals surface area (Å²) in [4.78, 5) is 17.1. The van der Waals surface area contributed by atoms with Gasteiger partial charge in [0.1, 0.15) is 5.82 Å². The van der Waals surface area contributed by atoms with Gasteiger partial charge in [0.05, 0.1) is 5.01 Å². The molecule has 14 heavy (non-hydrogen) atoms.